The molecule has 2 N–H and O–H groups in total. The van der Waals surface area contributed by atoms with Gasteiger partial charge in [0, 0.05) is 19.0 Å². The van der Waals surface area contributed by atoms with Crippen molar-refractivity contribution < 1.29 is 22.8 Å². The van der Waals surface area contributed by atoms with Gasteiger partial charge in [0.25, 0.3) is 0 Å². The summed E-state index contributed by atoms with van der Waals surface area (Å²) in [6.07, 6.45) is 1.93. The van der Waals surface area contributed by atoms with Crippen molar-refractivity contribution in [1.29, 1.82) is 0 Å². The molecule has 0 radical (unpaired) electrons. The fourth-order valence-electron chi connectivity index (χ4n) is 4.15. The number of nitrogens with one attached hydrogen (secondary N) is 2. The first-order chi connectivity index (χ1) is 15.2. The maximum atomic E-state index is 13.6. The summed E-state index contributed by atoms with van der Waals surface area (Å²) < 4.78 is 40.8. The molecular weight excluding hydrogens is 419 g/mol. The Bertz CT molecular complexity index is 963. The lowest BCUT2D eigenvalue weighted by atomic mass is 9.92. The lowest BCUT2D eigenvalue weighted by molar-refractivity contribution is -0.116. The van der Waals surface area contributed by atoms with E-state index in [-0.39, 0.29) is 36.6 Å². The van der Waals surface area contributed by atoms with Crippen LogP contribution in [0.5, 0.6) is 0 Å². The number of hydrogen-bond donors (Lipinski definition) is 2. The number of Topliss-reactive ketones (excluding diaryl/α,β-unsaturated/α-hetero) is 1. The van der Waals surface area contributed by atoms with Crippen molar-refractivity contribution in [3.63, 3.8) is 0 Å². The lowest BCUT2D eigenvalue weighted by Crippen LogP contribution is -2.54. The highest BCUT2D eigenvalue weighted by atomic mass is 19.1. The molecule has 8 heteroatoms. The van der Waals surface area contributed by atoms with Crippen LogP contribution in [-0.2, 0) is 11.2 Å². The second-order valence-electron chi connectivity index (χ2n) is 8.27. The predicted octanol–water partition coefficient (Wildman–Crippen LogP) is 4.40. The average molecular weight is 448 g/mol. The molecule has 32 heavy (non-hydrogen) atoms. The summed E-state index contributed by atoms with van der Waals surface area (Å²) in [5.41, 5.74) is 2.02. The van der Waals surface area contributed by atoms with Crippen LogP contribution in [-0.4, -0.2) is 36.0 Å². The molecule has 2 aromatic carbocycles. The first-order valence-electron chi connectivity index (χ1n) is 10.7. The number of amides is 2. The molecule has 0 spiro atoms. The third-order valence-corrected chi connectivity index (χ3v) is 5.61. The molecule has 2 aromatic rings. The Labute approximate surface area is 186 Å². The van der Waals surface area contributed by atoms with E-state index in [1.807, 2.05) is 6.92 Å². The smallest absolute Gasteiger partial charge is 0.319 e. The lowest BCUT2D eigenvalue weighted by Gasteiger charge is -2.38. The Balaban J connectivity index is 1.78. The maximum absolute atomic E-state index is 13.6. The van der Waals surface area contributed by atoms with E-state index in [1.165, 1.54) is 31.2 Å². The van der Waals surface area contributed by atoms with E-state index in [4.69, 9.17) is 0 Å². The van der Waals surface area contributed by atoms with Crippen molar-refractivity contribution in [3.8, 4) is 0 Å². The monoisotopic (exact) mass is 447 g/mol. The molecule has 1 fully saturated rings. The van der Waals surface area contributed by atoms with Gasteiger partial charge < -0.3 is 10.2 Å². The van der Waals surface area contributed by atoms with Gasteiger partial charge in [-0.2, -0.15) is 0 Å². The third kappa shape index (κ3) is 6.32. The van der Waals surface area contributed by atoms with Gasteiger partial charge in [0.05, 0.1) is 18.8 Å². The van der Waals surface area contributed by atoms with Gasteiger partial charge >= 0.3 is 6.03 Å². The van der Waals surface area contributed by atoms with Crippen molar-refractivity contribution in [1.82, 2.24) is 15.5 Å². The van der Waals surface area contributed by atoms with Crippen LogP contribution in [0.15, 0.2) is 36.4 Å². The number of ketones is 1. The van der Waals surface area contributed by atoms with Crippen LogP contribution in [0, 0.1) is 24.4 Å². The van der Waals surface area contributed by atoms with Crippen molar-refractivity contribution in [2.75, 3.05) is 13.1 Å². The Morgan fingerprint density at radius 2 is 1.78 bits per heavy atom. The number of rotatable bonds is 7. The van der Waals surface area contributed by atoms with Gasteiger partial charge in [-0.25, -0.2) is 18.0 Å². The molecule has 1 saturated heterocycles. The van der Waals surface area contributed by atoms with E-state index in [9.17, 15) is 22.8 Å². The molecule has 2 amide bonds. The number of urea groups is 1. The molecule has 0 bridgehead atoms. The van der Waals surface area contributed by atoms with Crippen LogP contribution in [0.3, 0.4) is 0 Å². The van der Waals surface area contributed by atoms with E-state index >= 15 is 0 Å². The summed E-state index contributed by atoms with van der Waals surface area (Å²) >= 11 is 0. The highest BCUT2D eigenvalue weighted by molar-refractivity contribution is 5.78. The van der Waals surface area contributed by atoms with Gasteiger partial charge in [0.15, 0.2) is 0 Å². The molecule has 1 aliphatic rings. The van der Waals surface area contributed by atoms with Crippen LogP contribution >= 0.6 is 0 Å². The summed E-state index contributed by atoms with van der Waals surface area (Å²) in [5, 5.41) is 5.81. The number of benzene rings is 2. The molecule has 2 atom stereocenters. The first kappa shape index (κ1) is 23.8. The zero-order valence-electron chi connectivity index (χ0n) is 18.3. The maximum Gasteiger partial charge on any atom is 0.319 e. The SMILES string of the molecule is CC(=O)CNC(Cc1cc(F)cc(F)c1)NC(=O)N1CCCCC1c1ccc(F)cc1C. The Hall–Kier alpha value is -2.87. The predicted molar refractivity (Wildman–Crippen MR) is 116 cm³/mol. The molecule has 172 valence electrons. The zero-order valence-corrected chi connectivity index (χ0v) is 18.3. The largest absolute Gasteiger partial charge is 0.322 e. The minimum atomic E-state index is -0.709. The van der Waals surface area contributed by atoms with Gasteiger partial charge in [-0.1, -0.05) is 6.07 Å². The summed E-state index contributed by atoms with van der Waals surface area (Å²) in [6, 6.07) is 7.18. The fourth-order valence-corrected chi connectivity index (χ4v) is 4.15. The van der Waals surface area contributed by atoms with E-state index in [1.54, 1.807) is 11.0 Å². The standard InChI is InChI=1S/C24H28F3N3O2/c1-15-9-18(25)6-7-21(15)22-5-3-4-8-30(22)24(32)29-23(28-14-16(2)31)12-17-10-19(26)13-20(27)11-17/h6-7,9-11,13,22-23,28H,3-5,8,12,14H2,1-2H3,(H,29,32). The van der Waals surface area contributed by atoms with Crippen LogP contribution in [0.4, 0.5) is 18.0 Å². The van der Waals surface area contributed by atoms with Gasteiger partial charge in [-0.15, -0.1) is 0 Å². The van der Waals surface area contributed by atoms with Crippen LogP contribution in [0.25, 0.3) is 0 Å². The fraction of sp³-hybridized carbons (Fsp3) is 0.417. The van der Waals surface area contributed by atoms with Crippen molar-refractivity contribution in [3.05, 3.63) is 70.5 Å². The van der Waals surface area contributed by atoms with Gasteiger partial charge in [0.2, 0.25) is 0 Å². The van der Waals surface area contributed by atoms with Crippen molar-refractivity contribution in [2.24, 2.45) is 0 Å². The molecule has 3 rings (SSSR count). The summed E-state index contributed by atoms with van der Waals surface area (Å²) in [5.74, 6) is -1.87. The summed E-state index contributed by atoms with van der Waals surface area (Å²) in [6.45, 7) is 3.76. The molecule has 2 unspecified atom stereocenters. The normalized spacial score (nSPS) is 17.2. The van der Waals surface area contributed by atoms with Crippen molar-refractivity contribution in [2.45, 2.75) is 51.7 Å². The van der Waals surface area contributed by atoms with E-state index < -0.39 is 17.8 Å². The van der Waals surface area contributed by atoms with Gasteiger partial charge in [0.1, 0.15) is 23.2 Å². The third-order valence-electron chi connectivity index (χ3n) is 5.61. The Morgan fingerprint density at radius 1 is 1.06 bits per heavy atom. The average Bonchev–Trinajstić information content (AvgIpc) is 2.71. The molecule has 1 aliphatic heterocycles. The van der Waals surface area contributed by atoms with Gasteiger partial charge in [-0.05, 0) is 74.1 Å². The van der Waals surface area contributed by atoms with Gasteiger partial charge in [-0.3, -0.25) is 10.1 Å². The molecule has 0 aliphatic carbocycles. The summed E-state index contributed by atoms with van der Waals surface area (Å²) in [7, 11) is 0. The van der Waals surface area contributed by atoms with E-state index in [0.717, 1.165) is 36.5 Å². The number of carbonyl (C=O) groups excluding carboxylic acids is 2. The van der Waals surface area contributed by atoms with Crippen molar-refractivity contribution >= 4 is 11.8 Å². The molecule has 5 nitrogen and oxygen atoms in total. The molecule has 0 saturated carbocycles. The minimum absolute atomic E-state index is 0.00322. The highest BCUT2D eigenvalue weighted by Crippen LogP contribution is 2.33. The van der Waals surface area contributed by atoms with Crippen LogP contribution in [0.1, 0.15) is 48.9 Å². The molecule has 1 heterocycles. The second kappa shape index (κ2) is 10.6. The number of piperidine rings is 1. The molecule has 0 aromatic heterocycles. The first-order valence-corrected chi connectivity index (χ1v) is 10.7. The number of hydrogen-bond acceptors (Lipinski definition) is 3. The number of nitrogens with zero attached hydrogens (tertiary/aromatic N) is 1. The van der Waals surface area contributed by atoms with E-state index in [0.29, 0.717) is 12.1 Å². The quantitative estimate of drug-likeness (QED) is 0.619. The number of halogens is 3. The second-order valence-corrected chi connectivity index (χ2v) is 8.27. The zero-order chi connectivity index (χ0) is 23.3. The molecular formula is C24H28F3N3O2. The number of carbonyl (C=O) groups is 2. The minimum Gasteiger partial charge on any atom is -0.322 e. The Kier molecular flexibility index (Phi) is 7.90. The summed E-state index contributed by atoms with van der Waals surface area (Å²) in [4.78, 5) is 26.4. The van der Waals surface area contributed by atoms with Crippen LogP contribution < -0.4 is 10.6 Å². The van der Waals surface area contributed by atoms with E-state index in [2.05, 4.69) is 10.6 Å². The topological polar surface area (TPSA) is 61.4 Å². The highest BCUT2D eigenvalue weighted by Gasteiger charge is 2.30. The Morgan fingerprint density at radius 3 is 2.44 bits per heavy atom. The number of likely N-dealkylation sites (tertiary alicyclic amines) is 1. The van der Waals surface area contributed by atoms with Crippen LogP contribution in [0.2, 0.25) is 0 Å². The number of aryl methyl sites for hydroxylation is 1.